The van der Waals surface area contributed by atoms with Crippen LogP contribution in [0.25, 0.3) is 6.08 Å². The van der Waals surface area contributed by atoms with E-state index in [1.807, 2.05) is 0 Å². The van der Waals surface area contributed by atoms with Crippen LogP contribution in [0, 0.1) is 5.82 Å². The van der Waals surface area contributed by atoms with Gasteiger partial charge >= 0.3 is 5.97 Å². The normalized spacial score (nSPS) is 9.95. The Labute approximate surface area is 120 Å². The first kappa shape index (κ1) is 14.5. The average Bonchev–Trinajstić information content (AvgIpc) is 2.48. The quantitative estimate of drug-likeness (QED) is 0.652. The van der Waals surface area contributed by atoms with Gasteiger partial charge in [0.05, 0.1) is 11.3 Å². The monoisotopic (exact) mass is 285 g/mol. The molecule has 0 heterocycles. The fourth-order valence-electron chi connectivity index (χ4n) is 1.79. The van der Waals surface area contributed by atoms with E-state index in [9.17, 15) is 14.0 Å². The highest BCUT2D eigenvalue weighted by molar-refractivity contribution is 6.41. The van der Waals surface area contributed by atoms with E-state index in [1.165, 1.54) is 30.3 Å². The zero-order valence-electron chi connectivity index (χ0n) is 11.0. The van der Waals surface area contributed by atoms with Gasteiger partial charge in [0.1, 0.15) is 5.82 Å². The molecule has 0 atom stereocenters. The number of aliphatic carboxylic acids is 1. The number of halogens is 1. The lowest BCUT2D eigenvalue weighted by molar-refractivity contribution is -0.131. The molecule has 0 saturated carbocycles. The second-order valence-electron chi connectivity index (χ2n) is 4.28. The molecule has 0 bridgehead atoms. The van der Waals surface area contributed by atoms with Crippen molar-refractivity contribution in [3.63, 3.8) is 0 Å². The minimum absolute atomic E-state index is 0.0254. The molecule has 5 heteroatoms. The van der Waals surface area contributed by atoms with Gasteiger partial charge in [-0.1, -0.05) is 18.7 Å². The predicted molar refractivity (Wildman–Crippen MR) is 78.2 cm³/mol. The van der Waals surface area contributed by atoms with Crippen molar-refractivity contribution in [3.8, 4) is 0 Å². The van der Waals surface area contributed by atoms with E-state index in [0.717, 1.165) is 5.56 Å². The van der Waals surface area contributed by atoms with Crippen molar-refractivity contribution in [1.82, 2.24) is 0 Å². The van der Waals surface area contributed by atoms with Crippen LogP contribution >= 0.6 is 0 Å². The molecule has 0 aliphatic heterocycles. The van der Waals surface area contributed by atoms with Crippen molar-refractivity contribution < 1.29 is 19.1 Å². The van der Waals surface area contributed by atoms with E-state index in [2.05, 4.69) is 11.9 Å². The maximum atomic E-state index is 12.9. The SMILES string of the molecule is C=Cc1ccc(C(=O)C(=O)O)c(Nc2ccc(F)cc2)c1. The van der Waals surface area contributed by atoms with Gasteiger partial charge in [-0.3, -0.25) is 4.79 Å². The Morgan fingerprint density at radius 3 is 2.38 bits per heavy atom. The number of carboxylic acid groups (broad SMARTS) is 1. The Kier molecular flexibility index (Phi) is 4.13. The number of nitrogens with one attached hydrogen (secondary N) is 1. The van der Waals surface area contributed by atoms with Crippen molar-refractivity contribution in [2.45, 2.75) is 0 Å². The molecule has 21 heavy (non-hydrogen) atoms. The Hall–Kier alpha value is -2.95. The Bertz CT molecular complexity index is 708. The van der Waals surface area contributed by atoms with Gasteiger partial charge < -0.3 is 10.4 Å². The zero-order chi connectivity index (χ0) is 15.4. The van der Waals surface area contributed by atoms with E-state index in [1.54, 1.807) is 18.2 Å². The summed E-state index contributed by atoms with van der Waals surface area (Å²) in [6.45, 7) is 3.62. The smallest absolute Gasteiger partial charge is 0.377 e. The molecule has 2 aromatic carbocycles. The number of hydrogen-bond donors (Lipinski definition) is 2. The number of hydrogen-bond acceptors (Lipinski definition) is 3. The molecule has 0 fully saturated rings. The van der Waals surface area contributed by atoms with E-state index < -0.39 is 11.8 Å². The molecule has 0 amide bonds. The van der Waals surface area contributed by atoms with Gasteiger partial charge in [-0.05, 0) is 42.0 Å². The van der Waals surface area contributed by atoms with Gasteiger partial charge in [-0.2, -0.15) is 0 Å². The Morgan fingerprint density at radius 1 is 1.14 bits per heavy atom. The molecule has 0 unspecified atom stereocenters. The molecule has 2 rings (SSSR count). The van der Waals surface area contributed by atoms with Crippen molar-refractivity contribution in [2.24, 2.45) is 0 Å². The Morgan fingerprint density at radius 2 is 1.81 bits per heavy atom. The van der Waals surface area contributed by atoms with Gasteiger partial charge in [0, 0.05) is 5.69 Å². The molecular formula is C16H12FNO3. The third-order valence-corrected chi connectivity index (χ3v) is 2.84. The molecule has 0 spiro atoms. The molecule has 0 aromatic heterocycles. The summed E-state index contributed by atoms with van der Waals surface area (Å²) in [5.41, 5.74) is 1.61. The van der Waals surface area contributed by atoms with E-state index in [-0.39, 0.29) is 11.4 Å². The highest BCUT2D eigenvalue weighted by Gasteiger charge is 2.18. The predicted octanol–water partition coefficient (Wildman–Crippen LogP) is 3.48. The molecular weight excluding hydrogens is 273 g/mol. The van der Waals surface area contributed by atoms with Crippen LogP contribution in [0.1, 0.15) is 15.9 Å². The lowest BCUT2D eigenvalue weighted by atomic mass is 10.0. The summed E-state index contributed by atoms with van der Waals surface area (Å²) in [6.07, 6.45) is 1.57. The zero-order valence-corrected chi connectivity index (χ0v) is 11.0. The van der Waals surface area contributed by atoms with Gasteiger partial charge in [0.25, 0.3) is 5.78 Å². The average molecular weight is 285 g/mol. The molecule has 0 radical (unpaired) electrons. The number of carboxylic acids is 1. The summed E-state index contributed by atoms with van der Waals surface area (Å²) in [5.74, 6) is -2.94. The minimum atomic E-state index is -1.54. The van der Waals surface area contributed by atoms with Gasteiger partial charge in [0.2, 0.25) is 0 Å². The van der Waals surface area contributed by atoms with Crippen LogP contribution in [0.4, 0.5) is 15.8 Å². The van der Waals surface area contributed by atoms with Crippen LogP contribution in [0.3, 0.4) is 0 Å². The molecule has 2 N–H and O–H groups in total. The highest BCUT2D eigenvalue weighted by Crippen LogP contribution is 2.24. The minimum Gasteiger partial charge on any atom is -0.475 e. The van der Waals surface area contributed by atoms with Crippen LogP contribution in [-0.2, 0) is 4.79 Å². The molecule has 0 aliphatic carbocycles. The number of rotatable bonds is 5. The first-order valence-corrected chi connectivity index (χ1v) is 6.08. The summed E-state index contributed by atoms with van der Waals surface area (Å²) in [4.78, 5) is 22.5. The molecule has 2 aromatic rings. The lowest BCUT2D eigenvalue weighted by Gasteiger charge is -2.11. The van der Waals surface area contributed by atoms with Crippen LogP contribution in [0.5, 0.6) is 0 Å². The maximum Gasteiger partial charge on any atom is 0.377 e. The fourth-order valence-corrected chi connectivity index (χ4v) is 1.79. The lowest BCUT2D eigenvalue weighted by Crippen LogP contribution is -2.14. The van der Waals surface area contributed by atoms with Gasteiger partial charge in [-0.15, -0.1) is 0 Å². The maximum absolute atomic E-state index is 12.9. The van der Waals surface area contributed by atoms with E-state index >= 15 is 0 Å². The third kappa shape index (κ3) is 3.33. The van der Waals surface area contributed by atoms with Gasteiger partial charge in [0.15, 0.2) is 0 Å². The second kappa shape index (κ2) is 6.00. The molecule has 106 valence electrons. The summed E-state index contributed by atoms with van der Waals surface area (Å²) in [7, 11) is 0. The first-order valence-electron chi connectivity index (χ1n) is 6.08. The van der Waals surface area contributed by atoms with E-state index in [0.29, 0.717) is 11.4 Å². The number of carbonyl (C=O) groups is 2. The summed E-state index contributed by atoms with van der Waals surface area (Å²) in [5, 5.41) is 11.8. The number of anilines is 2. The van der Waals surface area contributed by atoms with Crippen LogP contribution < -0.4 is 5.32 Å². The number of ketones is 1. The second-order valence-corrected chi connectivity index (χ2v) is 4.28. The standard InChI is InChI=1S/C16H12FNO3/c1-2-10-3-8-13(15(19)16(20)21)14(9-10)18-12-6-4-11(17)5-7-12/h2-9,18H,1H2,(H,20,21). The van der Waals surface area contributed by atoms with Crippen molar-refractivity contribution in [1.29, 1.82) is 0 Å². The Balaban J connectivity index is 2.43. The summed E-state index contributed by atoms with van der Waals surface area (Å²) in [6, 6.07) is 10.1. The largest absolute Gasteiger partial charge is 0.475 e. The van der Waals surface area contributed by atoms with Crippen LogP contribution in [0.2, 0.25) is 0 Å². The third-order valence-electron chi connectivity index (χ3n) is 2.84. The fraction of sp³-hybridized carbons (Fsp3) is 0. The van der Waals surface area contributed by atoms with Crippen molar-refractivity contribution >= 4 is 29.2 Å². The molecule has 0 aliphatic rings. The van der Waals surface area contributed by atoms with Crippen LogP contribution in [0.15, 0.2) is 49.0 Å². The topological polar surface area (TPSA) is 66.4 Å². The number of benzene rings is 2. The summed E-state index contributed by atoms with van der Waals surface area (Å²) < 4.78 is 12.9. The number of carbonyl (C=O) groups excluding carboxylic acids is 1. The van der Waals surface area contributed by atoms with Gasteiger partial charge in [-0.25, -0.2) is 9.18 Å². The summed E-state index contributed by atoms with van der Waals surface area (Å²) >= 11 is 0. The highest BCUT2D eigenvalue weighted by atomic mass is 19.1. The van der Waals surface area contributed by atoms with E-state index in [4.69, 9.17) is 5.11 Å². The van der Waals surface area contributed by atoms with Crippen molar-refractivity contribution in [2.75, 3.05) is 5.32 Å². The first-order chi connectivity index (χ1) is 10.0. The molecule has 4 nitrogen and oxygen atoms in total. The molecule has 0 saturated heterocycles. The van der Waals surface area contributed by atoms with Crippen LogP contribution in [-0.4, -0.2) is 16.9 Å². The van der Waals surface area contributed by atoms with Crippen molar-refractivity contribution in [3.05, 3.63) is 66.0 Å². The number of Topliss-reactive ketones (excluding diaryl/α,β-unsaturated/α-hetero) is 1.